The average molecular weight is 336 g/mol. The molecule has 0 amide bonds. The van der Waals surface area contributed by atoms with E-state index in [1.807, 2.05) is 51.3 Å². The maximum atomic E-state index is 5.30. The Balaban J connectivity index is 0. The fourth-order valence-corrected chi connectivity index (χ4v) is 1.67. The van der Waals surface area contributed by atoms with E-state index in [0.717, 1.165) is 18.7 Å². The first-order chi connectivity index (χ1) is 11.7. The molecular weight excluding hydrogens is 298 g/mol. The molecule has 3 heteroatoms. The lowest BCUT2D eigenvalue weighted by molar-refractivity contribution is 0.143. The van der Waals surface area contributed by atoms with E-state index < -0.39 is 0 Å². The smallest absolute Gasteiger partial charge is 0.118 e. The summed E-state index contributed by atoms with van der Waals surface area (Å²) < 4.78 is 10.4. The monoisotopic (exact) mass is 335 g/mol. The Kier molecular flexibility index (Phi) is 19.7. The average Bonchev–Trinajstić information content (AvgIpc) is 2.63. The number of benzene rings is 1. The molecule has 24 heavy (non-hydrogen) atoms. The predicted octanol–water partition coefficient (Wildman–Crippen LogP) is 5.72. The molecule has 1 aromatic carbocycles. The first kappa shape index (κ1) is 24.5. The van der Waals surface area contributed by atoms with Crippen molar-refractivity contribution in [1.29, 1.82) is 0 Å². The first-order valence-electron chi connectivity index (χ1n) is 8.88. The second-order valence-corrected chi connectivity index (χ2v) is 4.87. The highest BCUT2D eigenvalue weighted by Crippen LogP contribution is 2.10. The molecule has 0 aliphatic carbocycles. The van der Waals surface area contributed by atoms with E-state index in [4.69, 9.17) is 9.47 Å². The third-order valence-electron chi connectivity index (χ3n) is 2.78. The number of allylic oxidation sites excluding steroid dienone is 1. The molecule has 0 spiro atoms. The van der Waals surface area contributed by atoms with Gasteiger partial charge in [-0.25, -0.2) is 0 Å². The van der Waals surface area contributed by atoms with Crippen LogP contribution in [0.2, 0.25) is 0 Å². The first-order valence-corrected chi connectivity index (χ1v) is 8.88. The number of rotatable bonds is 8. The van der Waals surface area contributed by atoms with Crippen LogP contribution in [0.15, 0.2) is 48.7 Å². The molecule has 0 radical (unpaired) electrons. The Morgan fingerprint density at radius 3 is 2.12 bits per heavy atom. The normalized spacial score (nSPS) is 11.3. The molecule has 1 rings (SSSR count). The summed E-state index contributed by atoms with van der Waals surface area (Å²) in [6, 6.07) is 8.04. The van der Waals surface area contributed by atoms with Gasteiger partial charge in [-0.15, -0.1) is 0 Å². The minimum Gasteiger partial charge on any atom is -0.497 e. The maximum Gasteiger partial charge on any atom is 0.118 e. The standard InChI is InChI=1S/C16H23NO2.C3H8.C2H6/c1-4-6-15(18-2)7-5-12-17-13-14-8-10-16(19-3)11-9-14;1-3-2;1-2/h4-6,8-12,15,17H,7,13H2,1-3H3;3H2,1-2H3;1-2H3/b6-4-,12-5+;;. The van der Waals surface area contributed by atoms with Crippen LogP contribution < -0.4 is 10.1 Å². The summed E-state index contributed by atoms with van der Waals surface area (Å²) in [5, 5.41) is 3.26. The van der Waals surface area contributed by atoms with Crippen LogP contribution in [0.25, 0.3) is 0 Å². The molecule has 138 valence electrons. The summed E-state index contributed by atoms with van der Waals surface area (Å²) in [6.45, 7) is 11.1. The van der Waals surface area contributed by atoms with Crippen LogP contribution in [0.3, 0.4) is 0 Å². The second kappa shape index (κ2) is 19.3. The summed E-state index contributed by atoms with van der Waals surface area (Å²) in [7, 11) is 3.40. The van der Waals surface area contributed by atoms with Gasteiger partial charge in [0.05, 0.1) is 13.2 Å². The van der Waals surface area contributed by atoms with E-state index >= 15 is 0 Å². The minimum atomic E-state index is 0.157. The summed E-state index contributed by atoms with van der Waals surface area (Å²) in [5.74, 6) is 0.883. The van der Waals surface area contributed by atoms with Gasteiger partial charge in [0.1, 0.15) is 5.75 Å². The molecule has 0 aromatic heterocycles. The van der Waals surface area contributed by atoms with Crippen LogP contribution in [0.5, 0.6) is 5.75 Å². The molecule has 0 saturated heterocycles. The van der Waals surface area contributed by atoms with Crippen molar-refractivity contribution in [3.63, 3.8) is 0 Å². The van der Waals surface area contributed by atoms with E-state index in [-0.39, 0.29) is 6.10 Å². The van der Waals surface area contributed by atoms with Gasteiger partial charge in [0.2, 0.25) is 0 Å². The van der Waals surface area contributed by atoms with Crippen molar-refractivity contribution in [3.8, 4) is 5.75 Å². The molecule has 0 bridgehead atoms. The van der Waals surface area contributed by atoms with Crippen LogP contribution in [0.4, 0.5) is 0 Å². The van der Waals surface area contributed by atoms with E-state index in [1.54, 1.807) is 14.2 Å². The summed E-state index contributed by atoms with van der Waals surface area (Å²) in [6.07, 6.45) is 10.4. The molecule has 0 saturated carbocycles. The Morgan fingerprint density at radius 1 is 1.08 bits per heavy atom. The van der Waals surface area contributed by atoms with Gasteiger partial charge in [-0.1, -0.05) is 64.5 Å². The lowest BCUT2D eigenvalue weighted by Gasteiger charge is -2.07. The van der Waals surface area contributed by atoms with Gasteiger partial charge in [-0.2, -0.15) is 0 Å². The quantitative estimate of drug-likeness (QED) is 0.616. The SMILES string of the molecule is C/C=C\C(C/C=C/NCc1ccc(OC)cc1)OC.CC.CCC. The van der Waals surface area contributed by atoms with E-state index in [9.17, 15) is 0 Å². The lowest BCUT2D eigenvalue weighted by Crippen LogP contribution is -2.07. The van der Waals surface area contributed by atoms with Crippen LogP contribution >= 0.6 is 0 Å². The molecule has 0 heterocycles. The number of hydrogen-bond donors (Lipinski definition) is 1. The zero-order valence-electron chi connectivity index (χ0n) is 16.6. The van der Waals surface area contributed by atoms with E-state index in [0.29, 0.717) is 0 Å². The Hall–Kier alpha value is -1.74. The summed E-state index contributed by atoms with van der Waals surface area (Å²) in [4.78, 5) is 0. The van der Waals surface area contributed by atoms with Gasteiger partial charge >= 0.3 is 0 Å². The van der Waals surface area contributed by atoms with Gasteiger partial charge in [-0.3, -0.25) is 0 Å². The summed E-state index contributed by atoms with van der Waals surface area (Å²) >= 11 is 0. The minimum absolute atomic E-state index is 0.157. The van der Waals surface area contributed by atoms with Crippen LogP contribution in [-0.4, -0.2) is 20.3 Å². The molecule has 0 aliphatic heterocycles. The molecule has 0 fully saturated rings. The lowest BCUT2D eigenvalue weighted by atomic mass is 10.2. The fourth-order valence-electron chi connectivity index (χ4n) is 1.67. The summed E-state index contributed by atoms with van der Waals surface area (Å²) in [5.41, 5.74) is 1.22. The van der Waals surface area contributed by atoms with E-state index in [1.165, 1.54) is 12.0 Å². The van der Waals surface area contributed by atoms with Gasteiger partial charge < -0.3 is 14.8 Å². The molecule has 1 unspecified atom stereocenters. The zero-order chi connectivity index (χ0) is 18.6. The van der Waals surface area contributed by atoms with Crippen molar-refractivity contribution in [1.82, 2.24) is 5.32 Å². The highest BCUT2D eigenvalue weighted by atomic mass is 16.5. The van der Waals surface area contributed by atoms with Gasteiger partial charge in [0.15, 0.2) is 0 Å². The number of ether oxygens (including phenoxy) is 2. The topological polar surface area (TPSA) is 30.5 Å². The Morgan fingerprint density at radius 2 is 1.67 bits per heavy atom. The van der Waals surface area contributed by atoms with Gasteiger partial charge in [-0.05, 0) is 37.2 Å². The highest BCUT2D eigenvalue weighted by molar-refractivity contribution is 5.27. The van der Waals surface area contributed by atoms with Crippen molar-refractivity contribution in [3.05, 3.63) is 54.3 Å². The molecule has 1 aromatic rings. The van der Waals surface area contributed by atoms with Crippen LogP contribution in [0.1, 0.15) is 53.0 Å². The van der Waals surface area contributed by atoms with Crippen molar-refractivity contribution in [2.75, 3.05) is 14.2 Å². The van der Waals surface area contributed by atoms with Crippen molar-refractivity contribution in [2.45, 2.75) is 60.1 Å². The van der Waals surface area contributed by atoms with Crippen molar-refractivity contribution in [2.24, 2.45) is 0 Å². The highest BCUT2D eigenvalue weighted by Gasteiger charge is 1.97. The van der Waals surface area contributed by atoms with Crippen molar-refractivity contribution < 1.29 is 9.47 Å². The molecule has 0 aliphatic rings. The Bertz CT molecular complexity index is 410. The largest absolute Gasteiger partial charge is 0.497 e. The molecular formula is C21H37NO2. The predicted molar refractivity (Wildman–Crippen MR) is 107 cm³/mol. The van der Waals surface area contributed by atoms with E-state index in [2.05, 4.69) is 37.4 Å². The zero-order valence-corrected chi connectivity index (χ0v) is 16.6. The van der Waals surface area contributed by atoms with Crippen molar-refractivity contribution >= 4 is 0 Å². The third-order valence-corrected chi connectivity index (χ3v) is 2.78. The Labute approximate surface area is 149 Å². The molecule has 1 N–H and O–H groups in total. The molecule has 1 atom stereocenters. The number of methoxy groups -OCH3 is 2. The third kappa shape index (κ3) is 13.9. The fraction of sp³-hybridized carbons (Fsp3) is 0.524. The van der Waals surface area contributed by atoms with Gasteiger partial charge in [0.25, 0.3) is 0 Å². The number of hydrogen-bond acceptors (Lipinski definition) is 3. The second-order valence-electron chi connectivity index (χ2n) is 4.87. The van der Waals surface area contributed by atoms with Crippen LogP contribution in [-0.2, 0) is 11.3 Å². The van der Waals surface area contributed by atoms with Gasteiger partial charge in [0, 0.05) is 13.7 Å². The van der Waals surface area contributed by atoms with Crippen LogP contribution in [0, 0.1) is 0 Å². The number of nitrogens with one attached hydrogen (secondary N) is 1. The molecule has 3 nitrogen and oxygen atoms in total. The maximum absolute atomic E-state index is 5.30.